The summed E-state index contributed by atoms with van der Waals surface area (Å²) in [7, 11) is 0. The van der Waals surface area contributed by atoms with Gasteiger partial charge in [-0.25, -0.2) is 0 Å². The summed E-state index contributed by atoms with van der Waals surface area (Å²) in [6.07, 6.45) is 1.26. The highest BCUT2D eigenvalue weighted by Crippen LogP contribution is 2.13. The Morgan fingerprint density at radius 3 is 2.53 bits per heavy atom. The largest absolute Gasteiger partial charge is 0.300 e. The van der Waals surface area contributed by atoms with Crippen LogP contribution in [0.25, 0.3) is 0 Å². The van der Waals surface area contributed by atoms with Gasteiger partial charge < -0.3 is 4.90 Å². The van der Waals surface area contributed by atoms with E-state index in [9.17, 15) is 0 Å². The van der Waals surface area contributed by atoms with Gasteiger partial charge in [-0.1, -0.05) is 20.3 Å². The van der Waals surface area contributed by atoms with Gasteiger partial charge in [0.15, 0.2) is 0 Å². The SMILES string of the molecule is CCC(CS)CN1CCN(CC)C(C)C1. The van der Waals surface area contributed by atoms with E-state index >= 15 is 0 Å². The molecule has 0 amide bonds. The van der Waals surface area contributed by atoms with E-state index in [1.807, 2.05) is 0 Å². The second-order valence-corrected chi connectivity index (χ2v) is 5.06. The first kappa shape index (κ1) is 13.3. The van der Waals surface area contributed by atoms with Gasteiger partial charge in [-0.2, -0.15) is 12.6 Å². The Morgan fingerprint density at radius 2 is 2.07 bits per heavy atom. The maximum Gasteiger partial charge on any atom is 0.0195 e. The molecule has 1 aliphatic rings. The highest BCUT2D eigenvalue weighted by molar-refractivity contribution is 7.80. The number of hydrogen-bond acceptors (Lipinski definition) is 3. The van der Waals surface area contributed by atoms with Gasteiger partial charge in [0.1, 0.15) is 0 Å². The van der Waals surface area contributed by atoms with Crippen molar-refractivity contribution in [3.05, 3.63) is 0 Å². The minimum absolute atomic E-state index is 0.723. The molecule has 0 bridgehead atoms. The van der Waals surface area contributed by atoms with E-state index in [1.165, 1.54) is 39.1 Å². The highest BCUT2D eigenvalue weighted by Gasteiger charge is 2.23. The Morgan fingerprint density at radius 1 is 1.33 bits per heavy atom. The zero-order valence-corrected chi connectivity index (χ0v) is 11.3. The zero-order valence-electron chi connectivity index (χ0n) is 10.4. The van der Waals surface area contributed by atoms with Gasteiger partial charge in [-0.15, -0.1) is 0 Å². The third-order valence-electron chi connectivity index (χ3n) is 3.61. The lowest BCUT2D eigenvalue weighted by molar-refractivity contribution is 0.0790. The maximum absolute atomic E-state index is 4.42. The summed E-state index contributed by atoms with van der Waals surface area (Å²) < 4.78 is 0. The van der Waals surface area contributed by atoms with E-state index in [4.69, 9.17) is 0 Å². The lowest BCUT2D eigenvalue weighted by Gasteiger charge is -2.40. The van der Waals surface area contributed by atoms with Gasteiger partial charge in [0.25, 0.3) is 0 Å². The molecule has 3 heteroatoms. The first-order valence-corrected chi connectivity index (χ1v) is 6.91. The third-order valence-corrected chi connectivity index (χ3v) is 4.12. The van der Waals surface area contributed by atoms with Crippen molar-refractivity contribution < 1.29 is 0 Å². The molecule has 2 unspecified atom stereocenters. The van der Waals surface area contributed by atoms with Crippen LogP contribution in [0.2, 0.25) is 0 Å². The smallest absolute Gasteiger partial charge is 0.0195 e. The van der Waals surface area contributed by atoms with Crippen LogP contribution in [0.1, 0.15) is 27.2 Å². The number of thiol groups is 1. The molecule has 1 heterocycles. The Hall–Kier alpha value is 0.270. The maximum atomic E-state index is 4.42. The fraction of sp³-hybridized carbons (Fsp3) is 1.00. The predicted octanol–water partition coefficient (Wildman–Crippen LogP) is 1.97. The molecule has 0 aromatic heterocycles. The number of nitrogens with zero attached hydrogens (tertiary/aromatic N) is 2. The Bertz CT molecular complexity index is 171. The van der Waals surface area contributed by atoms with Crippen LogP contribution in [-0.4, -0.2) is 54.3 Å². The van der Waals surface area contributed by atoms with E-state index in [2.05, 4.69) is 43.2 Å². The second kappa shape index (κ2) is 6.77. The molecule has 15 heavy (non-hydrogen) atoms. The minimum atomic E-state index is 0.723. The van der Waals surface area contributed by atoms with Gasteiger partial charge in [-0.3, -0.25) is 4.90 Å². The van der Waals surface area contributed by atoms with Crippen LogP contribution >= 0.6 is 12.6 Å². The van der Waals surface area contributed by atoms with E-state index in [1.54, 1.807) is 0 Å². The van der Waals surface area contributed by atoms with Crippen molar-refractivity contribution in [2.75, 3.05) is 38.5 Å². The van der Waals surface area contributed by atoms with Crippen molar-refractivity contribution in [3.63, 3.8) is 0 Å². The van der Waals surface area contributed by atoms with E-state index in [0.717, 1.165) is 17.7 Å². The Labute approximate surface area is 100 Å². The quantitative estimate of drug-likeness (QED) is 0.722. The van der Waals surface area contributed by atoms with Crippen LogP contribution in [0.4, 0.5) is 0 Å². The summed E-state index contributed by atoms with van der Waals surface area (Å²) >= 11 is 4.42. The van der Waals surface area contributed by atoms with Crippen LogP contribution in [0.3, 0.4) is 0 Å². The lowest BCUT2D eigenvalue weighted by Crippen LogP contribution is -2.52. The van der Waals surface area contributed by atoms with Crippen molar-refractivity contribution in [2.45, 2.75) is 33.2 Å². The number of hydrogen-bond donors (Lipinski definition) is 1. The molecule has 0 aliphatic carbocycles. The molecule has 2 nitrogen and oxygen atoms in total. The minimum Gasteiger partial charge on any atom is -0.300 e. The molecule has 1 saturated heterocycles. The normalized spacial score (nSPS) is 26.8. The molecule has 0 N–H and O–H groups in total. The van der Waals surface area contributed by atoms with Gasteiger partial charge >= 0.3 is 0 Å². The highest BCUT2D eigenvalue weighted by atomic mass is 32.1. The van der Waals surface area contributed by atoms with Crippen molar-refractivity contribution in [1.29, 1.82) is 0 Å². The monoisotopic (exact) mass is 230 g/mol. The standard InChI is InChI=1S/C12H26N2S/c1-4-12(10-15)9-13-6-7-14(5-2)11(3)8-13/h11-12,15H,4-10H2,1-3H3. The van der Waals surface area contributed by atoms with E-state index in [-0.39, 0.29) is 0 Å². The first-order chi connectivity index (χ1) is 7.21. The van der Waals surface area contributed by atoms with Crippen LogP contribution in [0.5, 0.6) is 0 Å². The van der Waals surface area contributed by atoms with Crippen LogP contribution in [-0.2, 0) is 0 Å². The summed E-state index contributed by atoms with van der Waals surface area (Å²) in [4.78, 5) is 5.18. The van der Waals surface area contributed by atoms with Crippen molar-refractivity contribution >= 4 is 12.6 Å². The summed E-state index contributed by atoms with van der Waals surface area (Å²) in [6.45, 7) is 13.0. The Balaban J connectivity index is 2.33. The fourth-order valence-corrected chi connectivity index (χ4v) is 2.76. The van der Waals surface area contributed by atoms with Crippen LogP contribution < -0.4 is 0 Å². The molecule has 90 valence electrons. The van der Waals surface area contributed by atoms with Crippen LogP contribution in [0.15, 0.2) is 0 Å². The first-order valence-electron chi connectivity index (χ1n) is 6.28. The topological polar surface area (TPSA) is 6.48 Å². The van der Waals surface area contributed by atoms with Crippen molar-refractivity contribution in [1.82, 2.24) is 9.80 Å². The van der Waals surface area contributed by atoms with E-state index in [0.29, 0.717) is 0 Å². The molecule has 0 spiro atoms. The van der Waals surface area contributed by atoms with Crippen molar-refractivity contribution in [2.24, 2.45) is 5.92 Å². The van der Waals surface area contributed by atoms with Gasteiger partial charge in [0.05, 0.1) is 0 Å². The molecule has 1 rings (SSSR count). The molecule has 2 atom stereocenters. The molecule has 0 aromatic carbocycles. The molecular formula is C12H26N2S. The van der Waals surface area contributed by atoms with Gasteiger partial charge in [0.2, 0.25) is 0 Å². The van der Waals surface area contributed by atoms with Crippen molar-refractivity contribution in [3.8, 4) is 0 Å². The third kappa shape index (κ3) is 3.97. The number of rotatable bonds is 5. The summed E-state index contributed by atoms with van der Waals surface area (Å²) in [5.41, 5.74) is 0. The molecule has 0 radical (unpaired) electrons. The summed E-state index contributed by atoms with van der Waals surface area (Å²) in [5.74, 6) is 1.80. The number of piperazine rings is 1. The zero-order chi connectivity index (χ0) is 11.3. The van der Waals surface area contributed by atoms with E-state index < -0.39 is 0 Å². The molecule has 0 aromatic rings. The van der Waals surface area contributed by atoms with Gasteiger partial charge in [0, 0.05) is 32.2 Å². The fourth-order valence-electron chi connectivity index (χ4n) is 2.39. The molecule has 0 saturated carbocycles. The average Bonchev–Trinajstić information content (AvgIpc) is 2.26. The molecule has 1 aliphatic heterocycles. The molecular weight excluding hydrogens is 204 g/mol. The summed E-state index contributed by atoms with van der Waals surface area (Å²) in [5, 5.41) is 0. The lowest BCUT2D eigenvalue weighted by atomic mass is 10.1. The second-order valence-electron chi connectivity index (χ2n) is 4.69. The van der Waals surface area contributed by atoms with Crippen LogP contribution in [0, 0.1) is 5.92 Å². The van der Waals surface area contributed by atoms with Gasteiger partial charge in [-0.05, 0) is 25.1 Å². The predicted molar refractivity (Wildman–Crippen MR) is 70.8 cm³/mol. The average molecular weight is 230 g/mol. The summed E-state index contributed by atoms with van der Waals surface area (Å²) in [6, 6.07) is 0.723. The number of likely N-dealkylation sites (N-methyl/N-ethyl adjacent to an activating group) is 1. The molecule has 1 fully saturated rings. The Kier molecular flexibility index (Phi) is 6.02.